The van der Waals surface area contributed by atoms with Gasteiger partial charge in [-0.15, -0.1) is 0 Å². The highest BCUT2D eigenvalue weighted by Crippen LogP contribution is 2.44. The molecule has 0 amide bonds. The van der Waals surface area contributed by atoms with E-state index in [9.17, 15) is 0 Å². The van der Waals surface area contributed by atoms with Crippen molar-refractivity contribution in [3.05, 3.63) is 34.3 Å². The van der Waals surface area contributed by atoms with Crippen LogP contribution >= 0.6 is 15.9 Å². The number of halogens is 1. The van der Waals surface area contributed by atoms with Crippen molar-refractivity contribution in [2.45, 2.75) is 38.6 Å². The highest BCUT2D eigenvalue weighted by atomic mass is 79.9. The van der Waals surface area contributed by atoms with E-state index in [0.717, 1.165) is 28.4 Å². The second-order valence-electron chi connectivity index (χ2n) is 6.31. The van der Waals surface area contributed by atoms with Crippen LogP contribution in [0.15, 0.2) is 28.7 Å². The van der Waals surface area contributed by atoms with Gasteiger partial charge in [0.05, 0.1) is 10.5 Å². The molecule has 0 bridgehead atoms. The number of aromatic nitrogens is 2. The van der Waals surface area contributed by atoms with E-state index >= 15 is 0 Å². The summed E-state index contributed by atoms with van der Waals surface area (Å²) in [7, 11) is 0. The van der Waals surface area contributed by atoms with Crippen LogP contribution < -0.4 is 5.32 Å². The second-order valence-corrected chi connectivity index (χ2v) is 7.11. The predicted molar refractivity (Wildman–Crippen MR) is 89.6 cm³/mol. The van der Waals surface area contributed by atoms with Crippen molar-refractivity contribution >= 4 is 21.7 Å². The molecule has 2 aliphatic rings. The molecule has 2 unspecified atom stereocenters. The molecule has 2 aromatic rings. The molecular formula is C17H20BrN3. The van der Waals surface area contributed by atoms with Crippen molar-refractivity contribution in [1.29, 1.82) is 0 Å². The van der Waals surface area contributed by atoms with Gasteiger partial charge in [-0.3, -0.25) is 0 Å². The Bertz CT molecular complexity index is 659. The van der Waals surface area contributed by atoms with Gasteiger partial charge in [-0.1, -0.05) is 42.7 Å². The average molecular weight is 346 g/mol. The summed E-state index contributed by atoms with van der Waals surface area (Å²) in [6.45, 7) is 3.20. The Morgan fingerprint density at radius 3 is 2.76 bits per heavy atom. The van der Waals surface area contributed by atoms with Crippen LogP contribution in [0, 0.1) is 12.8 Å². The van der Waals surface area contributed by atoms with Crippen LogP contribution in [0.2, 0.25) is 0 Å². The molecule has 4 rings (SSSR count). The second kappa shape index (κ2) is 5.16. The molecule has 0 spiro atoms. The summed E-state index contributed by atoms with van der Waals surface area (Å²) >= 11 is 3.76. The average Bonchev–Trinajstić information content (AvgIpc) is 2.86. The lowest BCUT2D eigenvalue weighted by atomic mass is 9.83. The third-order valence-electron chi connectivity index (χ3n) is 4.89. The predicted octanol–water partition coefficient (Wildman–Crippen LogP) is 4.78. The SMILES string of the molecule is Cc1ccc(-c2nn3c(c2Br)NCC2CCCCC23)cc1. The number of anilines is 1. The molecule has 1 aliphatic carbocycles. The lowest BCUT2D eigenvalue weighted by Crippen LogP contribution is -2.35. The summed E-state index contributed by atoms with van der Waals surface area (Å²) in [5, 5.41) is 8.53. The molecule has 110 valence electrons. The first-order valence-electron chi connectivity index (χ1n) is 7.83. The van der Waals surface area contributed by atoms with Gasteiger partial charge in [-0.05, 0) is 41.6 Å². The first-order chi connectivity index (χ1) is 10.2. The normalized spacial score (nSPS) is 24.1. The largest absolute Gasteiger partial charge is 0.369 e. The molecule has 1 aliphatic heterocycles. The molecule has 1 aromatic heterocycles. The molecule has 21 heavy (non-hydrogen) atoms. The maximum Gasteiger partial charge on any atom is 0.139 e. The summed E-state index contributed by atoms with van der Waals surface area (Å²) in [5.74, 6) is 1.90. The lowest BCUT2D eigenvalue weighted by molar-refractivity contribution is 0.222. The summed E-state index contributed by atoms with van der Waals surface area (Å²) in [5.41, 5.74) is 3.52. The third-order valence-corrected chi connectivity index (χ3v) is 5.64. The lowest BCUT2D eigenvalue weighted by Gasteiger charge is -2.37. The van der Waals surface area contributed by atoms with Gasteiger partial charge in [0.2, 0.25) is 0 Å². The van der Waals surface area contributed by atoms with Crippen LogP contribution in [0.3, 0.4) is 0 Å². The molecule has 2 heterocycles. The van der Waals surface area contributed by atoms with Gasteiger partial charge in [-0.2, -0.15) is 5.10 Å². The Balaban J connectivity index is 1.78. The van der Waals surface area contributed by atoms with Gasteiger partial charge >= 0.3 is 0 Å². The van der Waals surface area contributed by atoms with E-state index in [1.54, 1.807) is 0 Å². The van der Waals surface area contributed by atoms with E-state index in [-0.39, 0.29) is 0 Å². The molecule has 1 N–H and O–H groups in total. The number of fused-ring (bicyclic) bond motifs is 3. The number of hydrogen-bond acceptors (Lipinski definition) is 2. The van der Waals surface area contributed by atoms with Gasteiger partial charge in [0, 0.05) is 12.1 Å². The minimum absolute atomic E-state index is 0.575. The molecule has 1 fully saturated rings. The zero-order valence-corrected chi connectivity index (χ0v) is 13.9. The highest BCUT2D eigenvalue weighted by Gasteiger charge is 2.34. The summed E-state index contributed by atoms with van der Waals surface area (Å²) in [6, 6.07) is 9.19. The zero-order chi connectivity index (χ0) is 14.4. The van der Waals surface area contributed by atoms with Gasteiger partial charge in [-0.25, -0.2) is 4.68 Å². The van der Waals surface area contributed by atoms with Crippen molar-refractivity contribution in [2.24, 2.45) is 5.92 Å². The summed E-state index contributed by atoms with van der Waals surface area (Å²) in [4.78, 5) is 0. The molecule has 0 radical (unpaired) electrons. The van der Waals surface area contributed by atoms with Crippen LogP contribution in [0.25, 0.3) is 11.3 Å². The van der Waals surface area contributed by atoms with Gasteiger partial charge in [0.1, 0.15) is 11.5 Å². The Kier molecular flexibility index (Phi) is 3.29. The summed E-state index contributed by atoms with van der Waals surface area (Å²) < 4.78 is 3.35. The molecule has 2 atom stereocenters. The fourth-order valence-electron chi connectivity index (χ4n) is 3.68. The molecule has 1 saturated carbocycles. The molecule has 0 saturated heterocycles. The molecule has 3 nitrogen and oxygen atoms in total. The van der Waals surface area contributed by atoms with Gasteiger partial charge in [0.15, 0.2) is 0 Å². The number of nitrogens with one attached hydrogen (secondary N) is 1. The van der Waals surface area contributed by atoms with Crippen molar-refractivity contribution in [1.82, 2.24) is 9.78 Å². The van der Waals surface area contributed by atoms with E-state index in [1.807, 2.05) is 0 Å². The van der Waals surface area contributed by atoms with Crippen molar-refractivity contribution in [2.75, 3.05) is 11.9 Å². The maximum absolute atomic E-state index is 4.94. The quantitative estimate of drug-likeness (QED) is 0.805. The maximum atomic E-state index is 4.94. The Hall–Kier alpha value is -1.29. The molecular weight excluding hydrogens is 326 g/mol. The van der Waals surface area contributed by atoms with Crippen LogP contribution in [-0.2, 0) is 0 Å². The zero-order valence-electron chi connectivity index (χ0n) is 12.3. The minimum Gasteiger partial charge on any atom is -0.369 e. The smallest absolute Gasteiger partial charge is 0.139 e. The third kappa shape index (κ3) is 2.20. The topological polar surface area (TPSA) is 29.9 Å². The minimum atomic E-state index is 0.575. The van der Waals surface area contributed by atoms with Crippen molar-refractivity contribution in [3.63, 3.8) is 0 Å². The highest BCUT2D eigenvalue weighted by molar-refractivity contribution is 9.10. The van der Waals surface area contributed by atoms with Crippen molar-refractivity contribution in [3.8, 4) is 11.3 Å². The fraction of sp³-hybridized carbons (Fsp3) is 0.471. The van der Waals surface area contributed by atoms with Crippen molar-refractivity contribution < 1.29 is 0 Å². The molecule has 4 heteroatoms. The Morgan fingerprint density at radius 2 is 1.95 bits per heavy atom. The number of hydrogen-bond donors (Lipinski definition) is 1. The van der Waals surface area contributed by atoms with E-state index < -0.39 is 0 Å². The van der Waals surface area contributed by atoms with Crippen LogP contribution in [0.1, 0.15) is 37.3 Å². The van der Waals surface area contributed by atoms with E-state index in [4.69, 9.17) is 5.10 Å². The van der Waals surface area contributed by atoms with E-state index in [1.165, 1.54) is 36.8 Å². The Morgan fingerprint density at radius 1 is 1.19 bits per heavy atom. The monoisotopic (exact) mass is 345 g/mol. The Labute approximate surface area is 133 Å². The molecule has 1 aromatic carbocycles. The van der Waals surface area contributed by atoms with Crippen LogP contribution in [0.5, 0.6) is 0 Å². The van der Waals surface area contributed by atoms with E-state index in [0.29, 0.717) is 6.04 Å². The van der Waals surface area contributed by atoms with Crippen LogP contribution in [-0.4, -0.2) is 16.3 Å². The van der Waals surface area contributed by atoms with Gasteiger partial charge in [0.25, 0.3) is 0 Å². The van der Waals surface area contributed by atoms with Crippen LogP contribution in [0.4, 0.5) is 5.82 Å². The summed E-state index contributed by atoms with van der Waals surface area (Å²) in [6.07, 6.45) is 5.29. The first kappa shape index (κ1) is 13.4. The number of nitrogens with zero attached hydrogens (tertiary/aromatic N) is 2. The number of benzene rings is 1. The number of rotatable bonds is 1. The van der Waals surface area contributed by atoms with E-state index in [2.05, 4.69) is 57.1 Å². The first-order valence-corrected chi connectivity index (χ1v) is 8.62. The fourth-order valence-corrected chi connectivity index (χ4v) is 4.31. The standard InChI is InChI=1S/C17H20BrN3/c1-11-6-8-12(9-7-11)16-15(18)17-19-10-13-4-2-3-5-14(13)21(17)20-16/h6-9,13-14,19H,2-5,10H2,1H3. The number of aryl methyl sites for hydroxylation is 1. The van der Waals surface area contributed by atoms with Gasteiger partial charge < -0.3 is 5.32 Å².